The van der Waals surface area contributed by atoms with Gasteiger partial charge >= 0.3 is 11.9 Å². The van der Waals surface area contributed by atoms with Crippen LogP contribution in [0, 0.1) is 5.82 Å². The van der Waals surface area contributed by atoms with Gasteiger partial charge in [0.1, 0.15) is 10.7 Å². The van der Waals surface area contributed by atoms with Crippen molar-refractivity contribution in [1.29, 1.82) is 0 Å². The number of aromatic nitrogens is 2. The zero-order valence-electron chi connectivity index (χ0n) is 18.3. The summed E-state index contributed by atoms with van der Waals surface area (Å²) >= 11 is 1.07. The SMILES string of the molecule is CCOC(=O)c1sc(-c2ccc(F)cc2)cc1NC(=O)COC(=O)c1n[nH]c(=O)c2ccccc12. The monoisotopic (exact) mass is 495 g/mol. The molecule has 0 unspecified atom stereocenters. The average molecular weight is 495 g/mol. The molecule has 0 aliphatic heterocycles. The lowest BCUT2D eigenvalue weighted by Crippen LogP contribution is -2.23. The van der Waals surface area contributed by atoms with Gasteiger partial charge in [-0.1, -0.05) is 30.3 Å². The van der Waals surface area contributed by atoms with Gasteiger partial charge in [0, 0.05) is 10.3 Å². The molecule has 4 aromatic rings. The Balaban J connectivity index is 1.51. The van der Waals surface area contributed by atoms with Crippen molar-refractivity contribution >= 4 is 45.6 Å². The van der Waals surface area contributed by atoms with E-state index in [1.807, 2.05) is 0 Å². The molecule has 0 aliphatic rings. The van der Waals surface area contributed by atoms with E-state index in [1.165, 1.54) is 18.2 Å². The van der Waals surface area contributed by atoms with Gasteiger partial charge in [-0.15, -0.1) is 11.3 Å². The van der Waals surface area contributed by atoms with Crippen molar-refractivity contribution in [3.63, 3.8) is 0 Å². The largest absolute Gasteiger partial charge is 0.462 e. The molecule has 2 N–H and O–H groups in total. The average Bonchev–Trinajstić information content (AvgIpc) is 3.27. The van der Waals surface area contributed by atoms with Crippen LogP contribution in [0.4, 0.5) is 10.1 Å². The van der Waals surface area contributed by atoms with Gasteiger partial charge in [-0.3, -0.25) is 9.59 Å². The van der Waals surface area contributed by atoms with Crippen LogP contribution in [-0.4, -0.2) is 41.3 Å². The molecule has 1 amide bonds. The van der Waals surface area contributed by atoms with Crippen LogP contribution < -0.4 is 10.9 Å². The van der Waals surface area contributed by atoms with E-state index in [4.69, 9.17) is 9.47 Å². The molecule has 0 saturated carbocycles. The first-order valence-electron chi connectivity index (χ1n) is 10.4. The number of hydrogen-bond acceptors (Lipinski definition) is 8. The molecule has 0 saturated heterocycles. The summed E-state index contributed by atoms with van der Waals surface area (Å²) in [6.07, 6.45) is 0. The molecule has 9 nitrogen and oxygen atoms in total. The lowest BCUT2D eigenvalue weighted by atomic mass is 10.1. The number of aromatic amines is 1. The van der Waals surface area contributed by atoms with E-state index in [2.05, 4.69) is 15.5 Å². The fraction of sp³-hybridized carbons (Fsp3) is 0.125. The summed E-state index contributed by atoms with van der Waals surface area (Å²) in [6, 6.07) is 13.6. The van der Waals surface area contributed by atoms with Crippen LogP contribution in [0.15, 0.2) is 59.4 Å². The van der Waals surface area contributed by atoms with Gasteiger partial charge in [-0.25, -0.2) is 19.1 Å². The van der Waals surface area contributed by atoms with Crippen LogP contribution in [0.3, 0.4) is 0 Å². The number of hydrogen-bond donors (Lipinski definition) is 2. The molecular formula is C24H18FN3O6S. The normalized spacial score (nSPS) is 10.7. The van der Waals surface area contributed by atoms with Crippen molar-refractivity contribution in [2.75, 3.05) is 18.5 Å². The second-order valence-electron chi connectivity index (χ2n) is 7.15. The standard InChI is InChI=1S/C24H18FN3O6S/c1-2-33-24(32)21-17(11-18(35-21)13-7-9-14(25)10-8-13)26-19(29)12-34-23(31)20-15-5-3-4-6-16(15)22(30)28-27-20/h3-11H,2,12H2,1H3,(H,26,29)(H,28,30). The number of benzene rings is 2. The van der Waals surface area contributed by atoms with E-state index in [0.29, 0.717) is 10.4 Å². The van der Waals surface area contributed by atoms with Crippen molar-refractivity contribution < 1.29 is 28.2 Å². The zero-order chi connectivity index (χ0) is 24.9. The summed E-state index contributed by atoms with van der Waals surface area (Å²) < 4.78 is 23.4. The third-order valence-corrected chi connectivity index (χ3v) is 5.98. The highest BCUT2D eigenvalue weighted by molar-refractivity contribution is 7.18. The fourth-order valence-electron chi connectivity index (χ4n) is 3.24. The Bertz CT molecular complexity index is 1480. The number of fused-ring (bicyclic) bond motifs is 1. The summed E-state index contributed by atoms with van der Waals surface area (Å²) in [4.78, 5) is 50.1. The van der Waals surface area contributed by atoms with Gasteiger partial charge in [0.15, 0.2) is 12.3 Å². The van der Waals surface area contributed by atoms with E-state index < -0.39 is 35.8 Å². The van der Waals surface area contributed by atoms with Gasteiger partial charge in [-0.2, -0.15) is 5.10 Å². The molecule has 2 aromatic carbocycles. The molecule has 178 valence electrons. The Hall–Kier alpha value is -4.38. The molecule has 0 spiro atoms. The molecule has 11 heteroatoms. The Labute approximate surface area is 201 Å². The van der Waals surface area contributed by atoms with Crippen LogP contribution in [0.1, 0.15) is 27.1 Å². The quantitative estimate of drug-likeness (QED) is 0.374. The summed E-state index contributed by atoms with van der Waals surface area (Å²) in [7, 11) is 0. The maximum Gasteiger partial charge on any atom is 0.359 e. The maximum atomic E-state index is 13.3. The number of rotatable bonds is 7. The lowest BCUT2D eigenvalue weighted by Gasteiger charge is -2.08. The number of thiophene rings is 1. The van der Waals surface area contributed by atoms with Crippen LogP contribution in [-0.2, 0) is 14.3 Å². The first-order chi connectivity index (χ1) is 16.9. The summed E-state index contributed by atoms with van der Waals surface area (Å²) in [5.74, 6) is -2.66. The third-order valence-electron chi connectivity index (χ3n) is 4.82. The molecule has 0 radical (unpaired) electrons. The number of nitrogens with one attached hydrogen (secondary N) is 2. The Morgan fingerprint density at radius 2 is 1.74 bits per heavy atom. The predicted octanol–water partition coefficient (Wildman–Crippen LogP) is 3.76. The van der Waals surface area contributed by atoms with Crippen LogP contribution in [0.5, 0.6) is 0 Å². The predicted molar refractivity (Wildman–Crippen MR) is 127 cm³/mol. The summed E-state index contributed by atoms with van der Waals surface area (Å²) in [6.45, 7) is 1.12. The number of amides is 1. The number of ether oxygens (including phenoxy) is 2. The van der Waals surface area contributed by atoms with Crippen LogP contribution in [0.2, 0.25) is 0 Å². The van der Waals surface area contributed by atoms with Gasteiger partial charge in [-0.05, 0) is 36.8 Å². The molecule has 0 bridgehead atoms. The number of halogens is 1. The molecule has 2 heterocycles. The highest BCUT2D eigenvalue weighted by Crippen LogP contribution is 2.35. The lowest BCUT2D eigenvalue weighted by molar-refractivity contribution is -0.119. The smallest absolute Gasteiger partial charge is 0.359 e. The number of H-pyrrole nitrogens is 1. The Morgan fingerprint density at radius 3 is 2.46 bits per heavy atom. The number of carbonyl (C=O) groups is 3. The van der Waals surface area contributed by atoms with Crippen LogP contribution >= 0.6 is 11.3 Å². The van der Waals surface area contributed by atoms with Gasteiger partial charge in [0.05, 0.1) is 17.7 Å². The number of esters is 2. The van der Waals surface area contributed by atoms with Gasteiger partial charge in [0.2, 0.25) is 0 Å². The summed E-state index contributed by atoms with van der Waals surface area (Å²) in [5.41, 5.74) is 0.205. The van der Waals surface area contributed by atoms with Crippen molar-refractivity contribution in [2.24, 2.45) is 0 Å². The van der Waals surface area contributed by atoms with Crippen molar-refractivity contribution in [1.82, 2.24) is 10.2 Å². The van der Waals surface area contributed by atoms with Crippen molar-refractivity contribution in [3.8, 4) is 10.4 Å². The summed E-state index contributed by atoms with van der Waals surface area (Å²) in [5, 5.41) is 9.05. The second kappa shape index (κ2) is 10.3. The minimum atomic E-state index is -0.907. The molecular weight excluding hydrogens is 477 g/mol. The minimum absolute atomic E-state index is 0.133. The molecule has 0 fully saturated rings. The van der Waals surface area contributed by atoms with E-state index >= 15 is 0 Å². The van der Waals surface area contributed by atoms with Gasteiger partial charge < -0.3 is 14.8 Å². The van der Waals surface area contributed by atoms with Crippen molar-refractivity contribution in [2.45, 2.75) is 6.92 Å². The van der Waals surface area contributed by atoms with E-state index in [9.17, 15) is 23.6 Å². The number of anilines is 1. The Morgan fingerprint density at radius 1 is 1.03 bits per heavy atom. The number of nitrogens with zero attached hydrogens (tertiary/aromatic N) is 1. The molecule has 2 aromatic heterocycles. The first-order valence-corrected chi connectivity index (χ1v) is 11.2. The van der Waals surface area contributed by atoms with Crippen LogP contribution in [0.25, 0.3) is 21.2 Å². The van der Waals surface area contributed by atoms with Crippen molar-refractivity contribution in [3.05, 3.63) is 81.3 Å². The molecule has 4 rings (SSSR count). The Kier molecular flexibility index (Phi) is 6.97. The fourth-order valence-corrected chi connectivity index (χ4v) is 4.26. The van der Waals surface area contributed by atoms with Gasteiger partial charge in [0.25, 0.3) is 11.5 Å². The number of carbonyl (C=O) groups excluding carboxylic acids is 3. The molecule has 0 aliphatic carbocycles. The van der Waals surface area contributed by atoms with E-state index in [-0.39, 0.29) is 33.6 Å². The zero-order valence-corrected chi connectivity index (χ0v) is 19.1. The highest BCUT2D eigenvalue weighted by Gasteiger charge is 2.22. The van der Waals surface area contributed by atoms with E-state index in [0.717, 1.165) is 11.3 Å². The topological polar surface area (TPSA) is 127 Å². The maximum absolute atomic E-state index is 13.3. The van der Waals surface area contributed by atoms with E-state index in [1.54, 1.807) is 43.3 Å². The highest BCUT2D eigenvalue weighted by atomic mass is 32.1. The third kappa shape index (κ3) is 5.25. The first kappa shape index (κ1) is 23.8. The molecule has 35 heavy (non-hydrogen) atoms. The second-order valence-corrected chi connectivity index (χ2v) is 8.20. The molecule has 0 atom stereocenters. The minimum Gasteiger partial charge on any atom is -0.462 e.